The van der Waals surface area contributed by atoms with Crippen molar-refractivity contribution in [3.05, 3.63) is 71.8 Å². The number of amides is 3. The number of rotatable bonds is 41. The van der Waals surface area contributed by atoms with Crippen molar-refractivity contribution >= 4 is 113 Å². The molecule has 5 aliphatic rings. The maximum absolute atomic E-state index is 13.9. The molecule has 26 atom stereocenters. The number of aliphatic carboxylic acids is 2. The van der Waals surface area contributed by atoms with Gasteiger partial charge < -0.3 is 109 Å². The molecule has 0 spiro atoms. The van der Waals surface area contributed by atoms with Crippen molar-refractivity contribution in [2.75, 3.05) is 40.0 Å². The summed E-state index contributed by atoms with van der Waals surface area (Å²) in [7, 11) is -47.1. The fraction of sp³-hybridized carbons (Fsp3) is 0.673. The van der Waals surface area contributed by atoms with E-state index >= 15 is 0 Å². The second-order valence-electron chi connectivity index (χ2n) is 25.0. The lowest BCUT2D eigenvalue weighted by Gasteiger charge is -2.50. The van der Waals surface area contributed by atoms with E-state index in [1.807, 2.05) is 0 Å². The fourth-order valence-electron chi connectivity index (χ4n) is 11.9. The van der Waals surface area contributed by atoms with E-state index in [4.69, 9.17) is 65.6 Å². The molecule has 5 fully saturated rings. The summed E-state index contributed by atoms with van der Waals surface area (Å²) >= 11 is 0. The number of methoxy groups -OCH3 is 1. The zero-order chi connectivity index (χ0) is 89.0. The average molecular weight is 1890 g/mol. The SMILES string of the molecule is CO[C@@H]1[C@@H](OS(=O)(=O)O)[C@H](O[C@@H]2O[C@@H](C(=O)O)[C@@H](O[C@H]3O[C@H](COS(=O)(=O)O)[C@@H](O[C@@H]4O[C@H](C(=O)O)[C@@H](O[C@H]5O[C@H](COS(=O)(=O)O)[C@@H](O)[C@H](O)[C@H]5NS(=O)(=O)O)[C@H](O)[C@H]4O)[C@H](OS(=O)(=O)O)[C@H]3NS(=O)(=O)O)[C@H](O)[C@H]2OS(=O)(=O)O)[C@@H](COS(=O)(=O)O)O[C@@H]1CCNC(=O)[C@@H](CNC(=O)OCc1ccccc1)NC(=O)OCc1ccccc1. The Balaban J connectivity index is 1.22. The number of carbonyl (C=O) groups excluding carboxylic acids is 3. The second kappa shape index (κ2) is 41.5. The monoisotopic (exact) mass is 1890 g/mol. The van der Waals surface area contributed by atoms with Gasteiger partial charge in [-0.1, -0.05) is 60.7 Å². The predicted molar refractivity (Wildman–Crippen MR) is 363 cm³/mol. The molecule has 0 aliphatic carbocycles. The van der Waals surface area contributed by atoms with E-state index in [9.17, 15) is 159 Å². The number of alkyl carbamates (subject to hydrolysis) is 2. The van der Waals surface area contributed by atoms with Gasteiger partial charge in [-0.05, 0) is 17.5 Å². The van der Waals surface area contributed by atoms with Crippen LogP contribution in [-0.2, 0) is 193 Å². The van der Waals surface area contributed by atoms with Gasteiger partial charge in [-0.3, -0.25) is 41.2 Å². The molecule has 7 rings (SSSR count). The zero-order valence-corrected chi connectivity index (χ0v) is 65.9. The summed E-state index contributed by atoms with van der Waals surface area (Å²) in [5.74, 6) is -6.17. The van der Waals surface area contributed by atoms with Crippen LogP contribution in [-0.4, -0.2) is 369 Å². The molecule has 119 heavy (non-hydrogen) atoms. The van der Waals surface area contributed by atoms with Crippen LogP contribution in [0.25, 0.3) is 0 Å². The van der Waals surface area contributed by atoms with Crippen LogP contribution in [0.1, 0.15) is 17.5 Å². The summed E-state index contributed by atoms with van der Waals surface area (Å²) in [6.45, 7) is -7.42. The molecule has 0 unspecified atom stereocenters. The number of benzene rings is 2. The summed E-state index contributed by atoms with van der Waals surface area (Å²) in [4.78, 5) is 66.2. The van der Waals surface area contributed by atoms with E-state index in [0.29, 0.717) is 11.1 Å². The molecule has 20 N–H and O–H groups in total. The smallest absolute Gasteiger partial charge is 0.408 e. The molecule has 5 saturated heterocycles. The van der Waals surface area contributed by atoms with E-state index in [1.54, 1.807) is 60.7 Å². The highest BCUT2D eigenvalue weighted by atomic mass is 32.3. The Morgan fingerprint density at radius 2 is 0.815 bits per heavy atom. The average Bonchev–Trinajstić information content (AvgIpc) is 0.756. The molecule has 2 aromatic carbocycles. The Kier molecular flexibility index (Phi) is 34.8. The zero-order valence-electron chi connectivity index (χ0n) is 59.3. The Morgan fingerprint density at radius 3 is 1.29 bits per heavy atom. The van der Waals surface area contributed by atoms with Gasteiger partial charge in [0.15, 0.2) is 43.5 Å². The number of aliphatic hydroxyl groups is 5. The normalized spacial score (nSPS) is 32.3. The lowest BCUT2D eigenvalue weighted by Crippen LogP contribution is -2.71. The van der Waals surface area contributed by atoms with Crippen molar-refractivity contribution in [2.45, 2.75) is 179 Å². The summed E-state index contributed by atoms with van der Waals surface area (Å²) in [6, 6.07) is 8.38. The van der Waals surface area contributed by atoms with Crippen LogP contribution in [0.15, 0.2) is 60.7 Å². The maximum atomic E-state index is 13.9. The molecular weight excluding hydrogens is 1820 g/mol. The third-order valence-electron chi connectivity index (χ3n) is 16.7. The molecule has 0 radical (unpaired) electrons. The lowest BCUT2D eigenvalue weighted by molar-refractivity contribution is -0.372. The van der Waals surface area contributed by atoms with Gasteiger partial charge in [-0.15, -0.1) is 0 Å². The third kappa shape index (κ3) is 31.2. The van der Waals surface area contributed by atoms with Crippen molar-refractivity contribution in [3.8, 4) is 0 Å². The highest BCUT2D eigenvalue weighted by Gasteiger charge is 2.62. The van der Waals surface area contributed by atoms with E-state index in [1.165, 1.54) is 4.72 Å². The van der Waals surface area contributed by atoms with Crippen LogP contribution in [0.4, 0.5) is 9.59 Å². The summed E-state index contributed by atoms with van der Waals surface area (Å²) in [5.41, 5.74) is 0.989. The quantitative estimate of drug-likeness (QED) is 0.0275. The van der Waals surface area contributed by atoms with Crippen LogP contribution in [0.3, 0.4) is 0 Å². The first-order valence-corrected chi connectivity index (χ1v) is 43.7. The number of carboxylic acids is 2. The van der Waals surface area contributed by atoms with Crippen LogP contribution in [0.2, 0.25) is 0 Å². The number of ether oxygens (including phenoxy) is 12. The van der Waals surface area contributed by atoms with Crippen molar-refractivity contribution in [3.63, 3.8) is 0 Å². The van der Waals surface area contributed by atoms with Gasteiger partial charge in [-0.25, -0.2) is 44.3 Å². The van der Waals surface area contributed by atoms with Crippen LogP contribution >= 0.6 is 0 Å². The number of hydrogen-bond acceptors (Lipinski definition) is 44. The minimum absolute atomic E-state index is 0.284. The van der Waals surface area contributed by atoms with Gasteiger partial charge in [0, 0.05) is 13.7 Å². The predicted octanol–water partition coefficient (Wildman–Crippen LogP) is -10.5. The maximum Gasteiger partial charge on any atom is 0.408 e. The van der Waals surface area contributed by atoms with E-state index in [2.05, 4.69) is 36.9 Å². The van der Waals surface area contributed by atoms with Gasteiger partial charge in [0.2, 0.25) is 5.91 Å². The highest BCUT2D eigenvalue weighted by Crippen LogP contribution is 2.40. The van der Waals surface area contributed by atoms with Crippen molar-refractivity contribution in [2.24, 2.45) is 0 Å². The van der Waals surface area contributed by atoms with Gasteiger partial charge in [0.05, 0.1) is 32.5 Å². The Morgan fingerprint density at radius 1 is 0.403 bits per heavy atom. The Labute approximate surface area is 671 Å². The molecule has 59 nitrogen and oxygen atoms in total. The van der Waals surface area contributed by atoms with Gasteiger partial charge in [0.1, 0.15) is 123 Å². The van der Waals surface area contributed by atoms with Crippen molar-refractivity contribution < 1.29 is 245 Å². The molecule has 0 bridgehead atoms. The molecule has 0 saturated carbocycles. The topological polar surface area (TPSA) is 888 Å². The van der Waals surface area contributed by atoms with E-state index < -0.39 is 312 Å². The Bertz CT molecular complexity index is 4760. The van der Waals surface area contributed by atoms with Crippen LogP contribution in [0.5, 0.6) is 0 Å². The molecule has 5 aliphatic heterocycles. The highest BCUT2D eigenvalue weighted by molar-refractivity contribution is 7.84. The molecule has 5 heterocycles. The molecule has 67 heteroatoms. The first kappa shape index (κ1) is 99.8. The van der Waals surface area contributed by atoms with Crippen LogP contribution in [0, 0.1) is 0 Å². The van der Waals surface area contributed by atoms with E-state index in [-0.39, 0.29) is 13.2 Å². The van der Waals surface area contributed by atoms with Gasteiger partial charge in [0.25, 0.3) is 0 Å². The van der Waals surface area contributed by atoms with Gasteiger partial charge in [-0.2, -0.15) is 76.8 Å². The molecular formula is C52H75N5O54S8. The number of nitrogens with one attached hydrogen (secondary N) is 5. The lowest BCUT2D eigenvalue weighted by atomic mass is 9.92. The Hall–Kier alpha value is -6.25. The third-order valence-corrected chi connectivity index (χ3v) is 20.5. The largest absolute Gasteiger partial charge is 0.479 e. The minimum atomic E-state index is -6.44. The van der Waals surface area contributed by atoms with Crippen LogP contribution < -0.4 is 25.4 Å². The van der Waals surface area contributed by atoms with E-state index in [0.717, 1.165) is 11.8 Å². The molecule has 2 aromatic rings. The van der Waals surface area contributed by atoms with Gasteiger partial charge >= 0.3 is 107 Å². The molecule has 0 aromatic heterocycles. The number of aliphatic hydroxyl groups excluding tert-OH is 5. The minimum Gasteiger partial charge on any atom is -0.479 e. The number of carboxylic acid groups (broad SMARTS) is 2. The fourth-order valence-corrected chi connectivity index (χ4v) is 15.5. The summed E-state index contributed by atoms with van der Waals surface area (Å²) in [5, 5.41) is 84.6. The van der Waals surface area contributed by atoms with Crippen molar-refractivity contribution in [1.29, 1.82) is 0 Å². The van der Waals surface area contributed by atoms with Crippen molar-refractivity contribution in [1.82, 2.24) is 25.4 Å². The standard InChI is InChI=1S/C52H75N5O54S8/c1-94-34-23(12-13-53-44(63)22(55-52(69)96-16-21-10-6-3-7-11-21)14-54-51(68)95-15-20-8-4-2-5-9-20)100-25(18-98-115(79,80)81)36(41(34)111-119(91,92)93)104-50-40(110-118(88,89)90)33(62)39(43(108-50)46(66)67)106-48-28(57-113(73,74)75)37(109-117(85,86)87)35(26(102-48)19-99-116(82,83)84)103-49-32(61)31(60)38(42(107-49)45(64)65)105-47-27(56-112(70,71)72)30(59)29(58)24(101-47)17-97-114(76,77)78/h2-11,22-43,47-50,56-62H,12-19H2,1H3,(H,53,63)(H,54,68)(H,55,69)(H,64,65)(H,66,67)(H,70,71,72)(H,73,74,75)(H,76,77,78)(H,79,80,81)(H,82,83,84)(H,85,86,87)(H,88,89,90)(H,91,92,93)/t22-,23-,24-,25-,26-,27-,28-,29-,30-,31-,32-,33+,34+,35-,36-,37-,38+,39+,40-,41-,42+,43-,47-,48-,49-,50-/m1/s1. The molecule has 680 valence electrons. The number of hydrogen-bond donors (Lipinski definition) is 20. The first-order chi connectivity index (χ1) is 54.9. The first-order valence-electron chi connectivity index (χ1n) is 32.7. The summed E-state index contributed by atoms with van der Waals surface area (Å²) < 4.78 is 371. The number of carbonyl (C=O) groups is 5. The second-order valence-corrected chi connectivity index (χ2v) is 33.8. The summed E-state index contributed by atoms with van der Waals surface area (Å²) in [6.07, 6.45) is -70.3. The molecule has 3 amide bonds.